The van der Waals surface area contributed by atoms with Crippen molar-refractivity contribution >= 4 is 22.8 Å². The molecule has 0 fully saturated rings. The number of nitro benzene ring substituents is 2. The summed E-state index contributed by atoms with van der Waals surface area (Å²) in [6.07, 6.45) is 0. The Bertz CT molecular complexity index is 832. The van der Waals surface area contributed by atoms with Crippen molar-refractivity contribution in [2.24, 2.45) is 4.99 Å². The maximum atomic E-state index is 11.3. The molecule has 1 N–H and O–H groups in total. The second-order valence-corrected chi connectivity index (χ2v) is 4.92. The first-order valence-electron chi connectivity index (χ1n) is 6.89. The fourth-order valence-corrected chi connectivity index (χ4v) is 2.50. The van der Waals surface area contributed by atoms with Gasteiger partial charge in [0.15, 0.2) is 0 Å². The Balaban J connectivity index is 2.22. The van der Waals surface area contributed by atoms with E-state index in [1.54, 1.807) is 24.3 Å². The van der Waals surface area contributed by atoms with Gasteiger partial charge in [0.1, 0.15) is 0 Å². The summed E-state index contributed by atoms with van der Waals surface area (Å²) in [6.45, 7) is 0.971. The van der Waals surface area contributed by atoms with Crippen LogP contribution in [0.25, 0.3) is 0 Å². The molecule has 0 radical (unpaired) electrons. The highest BCUT2D eigenvalue weighted by Crippen LogP contribution is 2.29. The van der Waals surface area contributed by atoms with Gasteiger partial charge in [-0.25, -0.2) is 0 Å². The first kappa shape index (κ1) is 14.6. The normalized spacial score (nSPS) is 13.3. The summed E-state index contributed by atoms with van der Waals surface area (Å²) in [5.41, 5.74) is 1.74. The van der Waals surface area contributed by atoms with E-state index in [1.165, 1.54) is 18.2 Å². The Labute approximate surface area is 130 Å². The fourth-order valence-electron chi connectivity index (χ4n) is 2.50. The van der Waals surface area contributed by atoms with Crippen molar-refractivity contribution in [1.29, 1.82) is 0 Å². The molecule has 0 aliphatic carbocycles. The first-order chi connectivity index (χ1) is 11.1. The van der Waals surface area contributed by atoms with Crippen molar-refractivity contribution in [3.05, 3.63) is 73.8 Å². The summed E-state index contributed by atoms with van der Waals surface area (Å²) >= 11 is 0. The number of hydrogen-bond donors (Lipinski definition) is 1. The van der Waals surface area contributed by atoms with Crippen LogP contribution in [0.2, 0.25) is 0 Å². The zero-order chi connectivity index (χ0) is 16.4. The van der Waals surface area contributed by atoms with Gasteiger partial charge in [-0.3, -0.25) is 25.2 Å². The molecule has 0 spiro atoms. The van der Waals surface area contributed by atoms with E-state index in [4.69, 9.17) is 0 Å². The van der Waals surface area contributed by atoms with Gasteiger partial charge in [0, 0.05) is 36.0 Å². The molecule has 0 saturated heterocycles. The number of hydrogen-bond acceptors (Lipinski definition) is 6. The van der Waals surface area contributed by atoms with Gasteiger partial charge in [-0.05, 0) is 12.1 Å². The molecule has 8 heteroatoms. The molecule has 0 amide bonds. The number of nitro groups is 2. The van der Waals surface area contributed by atoms with Gasteiger partial charge in [-0.2, -0.15) is 0 Å². The topological polar surface area (TPSA) is 111 Å². The third kappa shape index (κ3) is 2.73. The van der Waals surface area contributed by atoms with Crippen LogP contribution in [0, 0.1) is 20.2 Å². The van der Waals surface area contributed by atoms with Crippen molar-refractivity contribution in [1.82, 2.24) is 0 Å². The van der Waals surface area contributed by atoms with Crippen LogP contribution in [-0.2, 0) is 0 Å². The Kier molecular flexibility index (Phi) is 3.71. The molecule has 0 aromatic heterocycles. The van der Waals surface area contributed by atoms with Crippen molar-refractivity contribution in [3.8, 4) is 0 Å². The van der Waals surface area contributed by atoms with E-state index in [0.29, 0.717) is 35.6 Å². The number of nitrogens with zero attached hydrogens (tertiary/aromatic N) is 3. The predicted octanol–water partition coefficient (Wildman–Crippen LogP) is 2.77. The highest BCUT2D eigenvalue weighted by atomic mass is 16.6. The van der Waals surface area contributed by atoms with Crippen molar-refractivity contribution in [3.63, 3.8) is 0 Å². The largest absolute Gasteiger partial charge is 0.383 e. The molecule has 23 heavy (non-hydrogen) atoms. The molecule has 0 unspecified atom stereocenters. The lowest BCUT2D eigenvalue weighted by Gasteiger charge is -2.10. The molecule has 116 valence electrons. The Morgan fingerprint density at radius 3 is 2.52 bits per heavy atom. The summed E-state index contributed by atoms with van der Waals surface area (Å²) in [5.74, 6) is 0. The van der Waals surface area contributed by atoms with Crippen LogP contribution in [-0.4, -0.2) is 28.6 Å². The standard InChI is InChI=1S/C15H12N4O4/c20-18(21)10-5-6-13-12(9-10)15(17-8-7-16-13)11-3-1-2-4-14(11)19(22)23/h1-6,9,16H,7-8H2. The minimum Gasteiger partial charge on any atom is -0.383 e. The van der Waals surface area contributed by atoms with Crippen LogP contribution in [0.3, 0.4) is 0 Å². The highest BCUT2D eigenvalue weighted by molar-refractivity contribution is 6.18. The summed E-state index contributed by atoms with van der Waals surface area (Å²) < 4.78 is 0. The molecule has 0 bridgehead atoms. The number of para-hydroxylation sites is 1. The monoisotopic (exact) mass is 312 g/mol. The van der Waals surface area contributed by atoms with E-state index in [2.05, 4.69) is 10.3 Å². The van der Waals surface area contributed by atoms with E-state index in [1.807, 2.05) is 0 Å². The van der Waals surface area contributed by atoms with Gasteiger partial charge in [0.05, 0.1) is 27.7 Å². The molecule has 1 heterocycles. The lowest BCUT2D eigenvalue weighted by atomic mass is 9.98. The van der Waals surface area contributed by atoms with Crippen LogP contribution < -0.4 is 5.32 Å². The zero-order valence-electron chi connectivity index (χ0n) is 11.9. The maximum Gasteiger partial charge on any atom is 0.278 e. The van der Waals surface area contributed by atoms with E-state index in [9.17, 15) is 20.2 Å². The molecule has 1 aliphatic rings. The average Bonchev–Trinajstić information content (AvgIpc) is 2.76. The summed E-state index contributed by atoms with van der Waals surface area (Å²) in [4.78, 5) is 25.7. The molecule has 0 saturated carbocycles. The molecule has 0 atom stereocenters. The van der Waals surface area contributed by atoms with Gasteiger partial charge >= 0.3 is 0 Å². The molecule has 8 nitrogen and oxygen atoms in total. The zero-order valence-corrected chi connectivity index (χ0v) is 11.9. The van der Waals surface area contributed by atoms with Gasteiger partial charge in [0.25, 0.3) is 11.4 Å². The Morgan fingerprint density at radius 1 is 1.00 bits per heavy atom. The quantitative estimate of drug-likeness (QED) is 0.692. The van der Waals surface area contributed by atoms with Crippen molar-refractivity contribution < 1.29 is 9.85 Å². The predicted molar refractivity (Wildman–Crippen MR) is 85.2 cm³/mol. The lowest BCUT2D eigenvalue weighted by molar-refractivity contribution is -0.385. The molecular weight excluding hydrogens is 300 g/mol. The number of anilines is 1. The van der Waals surface area contributed by atoms with Crippen LogP contribution in [0.5, 0.6) is 0 Å². The van der Waals surface area contributed by atoms with Gasteiger partial charge < -0.3 is 5.32 Å². The lowest BCUT2D eigenvalue weighted by Crippen LogP contribution is -2.08. The SMILES string of the molecule is O=[N+]([O-])c1ccc2c(c1)C(c1ccccc1[N+](=O)[O-])=NCCN2. The summed E-state index contributed by atoms with van der Waals surface area (Å²) in [7, 11) is 0. The highest BCUT2D eigenvalue weighted by Gasteiger charge is 2.24. The molecule has 3 rings (SSSR count). The van der Waals surface area contributed by atoms with Crippen LogP contribution in [0.15, 0.2) is 47.5 Å². The molecule has 1 aliphatic heterocycles. The number of non-ortho nitro benzene ring substituents is 1. The average molecular weight is 312 g/mol. The Morgan fingerprint density at radius 2 is 1.78 bits per heavy atom. The minimum absolute atomic E-state index is 0.0781. The third-order valence-corrected chi connectivity index (χ3v) is 3.52. The van der Waals surface area contributed by atoms with E-state index < -0.39 is 9.85 Å². The van der Waals surface area contributed by atoms with E-state index in [0.717, 1.165) is 0 Å². The minimum atomic E-state index is -0.498. The third-order valence-electron chi connectivity index (χ3n) is 3.52. The second kappa shape index (κ2) is 5.84. The van der Waals surface area contributed by atoms with Crippen molar-refractivity contribution in [2.75, 3.05) is 18.4 Å². The number of aliphatic imine (C=N–C) groups is 1. The summed E-state index contributed by atoms with van der Waals surface area (Å²) in [6, 6.07) is 10.6. The fraction of sp³-hybridized carbons (Fsp3) is 0.133. The van der Waals surface area contributed by atoms with E-state index in [-0.39, 0.29) is 11.4 Å². The number of nitrogens with one attached hydrogen (secondary N) is 1. The number of rotatable bonds is 3. The molecule has 2 aromatic carbocycles. The Hall–Kier alpha value is -3.29. The first-order valence-corrected chi connectivity index (χ1v) is 6.89. The molecular formula is C15H12N4O4. The summed E-state index contributed by atoms with van der Waals surface area (Å²) in [5, 5.41) is 25.4. The maximum absolute atomic E-state index is 11.3. The van der Waals surface area contributed by atoms with Crippen LogP contribution >= 0.6 is 0 Å². The number of benzodiazepines with no additional fused rings is 1. The van der Waals surface area contributed by atoms with Gasteiger partial charge in [-0.15, -0.1) is 0 Å². The molecule has 2 aromatic rings. The van der Waals surface area contributed by atoms with Crippen LogP contribution in [0.4, 0.5) is 17.1 Å². The number of benzene rings is 2. The van der Waals surface area contributed by atoms with Crippen molar-refractivity contribution in [2.45, 2.75) is 0 Å². The second-order valence-electron chi connectivity index (χ2n) is 4.92. The van der Waals surface area contributed by atoms with E-state index >= 15 is 0 Å². The van der Waals surface area contributed by atoms with Gasteiger partial charge in [0.2, 0.25) is 0 Å². The van der Waals surface area contributed by atoms with Crippen LogP contribution in [0.1, 0.15) is 11.1 Å². The number of fused-ring (bicyclic) bond motifs is 1. The van der Waals surface area contributed by atoms with Gasteiger partial charge in [-0.1, -0.05) is 12.1 Å². The smallest absolute Gasteiger partial charge is 0.278 e.